The Morgan fingerprint density at radius 1 is 1.23 bits per heavy atom. The predicted octanol–water partition coefficient (Wildman–Crippen LogP) is 2.74. The molecule has 1 aromatic heterocycles. The van der Waals surface area contributed by atoms with E-state index < -0.39 is 29.4 Å². The van der Waals surface area contributed by atoms with E-state index in [9.17, 15) is 27.9 Å². The lowest BCUT2D eigenvalue weighted by Gasteiger charge is -2.40. The molecule has 4 N–H and O–H groups in total. The average molecular weight is 501 g/mol. The quantitative estimate of drug-likeness (QED) is 0.545. The topological polar surface area (TPSA) is 135 Å². The van der Waals surface area contributed by atoms with Crippen LogP contribution in [0.2, 0.25) is 0 Å². The number of pyridine rings is 1. The normalized spacial score (nSPS) is 23.3. The fourth-order valence-electron chi connectivity index (χ4n) is 4.78. The van der Waals surface area contributed by atoms with E-state index in [0.29, 0.717) is 30.2 Å². The lowest BCUT2D eigenvalue weighted by atomic mass is 9.70. The summed E-state index contributed by atoms with van der Waals surface area (Å²) in [5, 5.41) is 16.6. The highest BCUT2D eigenvalue weighted by molar-refractivity contribution is 5.97. The fourth-order valence-corrected chi connectivity index (χ4v) is 4.78. The number of carboxylic acid groups (broad SMARTS) is 2. The molecule has 9 nitrogen and oxygen atoms in total. The van der Waals surface area contributed by atoms with Crippen molar-refractivity contribution in [2.24, 2.45) is 11.7 Å². The number of rotatable bonds is 4. The Kier molecular flexibility index (Phi) is 5.94. The van der Waals surface area contributed by atoms with Gasteiger partial charge in [0.1, 0.15) is 11.3 Å². The number of ether oxygens (including phenoxy) is 1. The van der Waals surface area contributed by atoms with Crippen LogP contribution in [-0.4, -0.2) is 58.6 Å². The second-order valence-electron chi connectivity index (χ2n) is 9.10. The van der Waals surface area contributed by atoms with Crippen molar-refractivity contribution < 1.29 is 42.1 Å². The van der Waals surface area contributed by atoms with Gasteiger partial charge in [-0.1, -0.05) is 0 Å². The molecule has 0 spiro atoms. The molecule has 0 radical (unpaired) electrons. The van der Waals surface area contributed by atoms with Gasteiger partial charge in [-0.2, -0.15) is 13.2 Å². The number of nitrogens with zero attached hydrogens (tertiary/aromatic N) is 2. The van der Waals surface area contributed by atoms with Crippen LogP contribution in [-0.2, 0) is 4.79 Å². The maximum atomic E-state index is 15.2. The Labute approximate surface area is 195 Å². The molecule has 0 amide bonds. The lowest BCUT2D eigenvalue weighted by molar-refractivity contribution is -0.192. The number of carbonyl (C=O) groups is 2. The third-order valence-electron chi connectivity index (χ3n) is 6.83. The molecule has 2 aliphatic carbocycles. The van der Waals surface area contributed by atoms with Gasteiger partial charge in [-0.15, -0.1) is 0 Å². The molecule has 3 aliphatic rings. The van der Waals surface area contributed by atoms with Gasteiger partial charge in [0.15, 0.2) is 11.6 Å². The number of hydrogen-bond donors (Lipinski definition) is 3. The molecule has 5 rings (SSSR count). The molecule has 13 heteroatoms. The van der Waals surface area contributed by atoms with Crippen LogP contribution < -0.4 is 20.8 Å². The van der Waals surface area contributed by atoms with Crippen molar-refractivity contribution in [2.45, 2.75) is 43.4 Å². The highest BCUT2D eigenvalue weighted by atomic mass is 19.4. The Morgan fingerprint density at radius 2 is 1.86 bits per heavy atom. The first-order chi connectivity index (χ1) is 16.3. The van der Waals surface area contributed by atoms with Gasteiger partial charge < -0.3 is 30.2 Å². The van der Waals surface area contributed by atoms with Crippen LogP contribution in [0, 0.1) is 11.7 Å². The number of aromatic nitrogens is 1. The highest BCUT2D eigenvalue weighted by Crippen LogP contribution is 2.49. The fraction of sp³-hybridized carbons (Fsp3) is 0.500. The van der Waals surface area contributed by atoms with E-state index in [1.807, 2.05) is 4.90 Å². The Balaban J connectivity index is 0.000000364. The number of anilines is 1. The third kappa shape index (κ3) is 4.28. The van der Waals surface area contributed by atoms with Gasteiger partial charge in [0.05, 0.1) is 18.0 Å². The summed E-state index contributed by atoms with van der Waals surface area (Å²) in [7, 11) is 1.45. The van der Waals surface area contributed by atoms with Crippen molar-refractivity contribution in [1.29, 1.82) is 0 Å². The Bertz CT molecular complexity index is 1270. The number of halogens is 4. The van der Waals surface area contributed by atoms with Crippen LogP contribution in [0.1, 0.15) is 42.1 Å². The van der Waals surface area contributed by atoms with Crippen molar-refractivity contribution in [1.82, 2.24) is 4.57 Å². The summed E-state index contributed by atoms with van der Waals surface area (Å²) in [6.45, 7) is 1.19. The third-order valence-corrected chi connectivity index (χ3v) is 6.83. The second-order valence-corrected chi connectivity index (χ2v) is 9.10. The van der Waals surface area contributed by atoms with Crippen molar-refractivity contribution >= 4 is 28.5 Å². The maximum Gasteiger partial charge on any atom is 0.490 e. The van der Waals surface area contributed by atoms with Crippen LogP contribution in [0.5, 0.6) is 5.75 Å². The van der Waals surface area contributed by atoms with E-state index in [2.05, 4.69) is 0 Å². The number of carboxylic acids is 2. The standard InChI is InChI=1S/C20H22FN3O4.C2HF3O2/c1-28-18-15-12(17(25)13(19(26)27)8-24(15)11-2-3-11)6-14(21)16(18)23-7-10-4-5-20(10,22)9-23;3-2(4,5)1(6)7/h6,8,10-11H,2-5,7,9,22H2,1H3,(H,26,27);(H,6,7). The van der Waals surface area contributed by atoms with Gasteiger partial charge in [0, 0.05) is 30.9 Å². The molecule has 1 aliphatic heterocycles. The number of benzene rings is 1. The molecule has 1 aromatic carbocycles. The van der Waals surface area contributed by atoms with Gasteiger partial charge >= 0.3 is 18.1 Å². The largest absolute Gasteiger partial charge is 0.492 e. The first-order valence-electron chi connectivity index (χ1n) is 10.8. The van der Waals surface area contributed by atoms with Crippen LogP contribution in [0.4, 0.5) is 23.2 Å². The second kappa shape index (κ2) is 8.40. The molecular weight excluding hydrogens is 478 g/mol. The summed E-state index contributed by atoms with van der Waals surface area (Å²) in [5.74, 6) is -4.05. The number of aromatic carboxylic acids is 1. The van der Waals surface area contributed by atoms with E-state index in [0.717, 1.165) is 31.7 Å². The summed E-state index contributed by atoms with van der Waals surface area (Å²) in [6, 6.07) is 1.24. The molecule has 1 saturated heterocycles. The highest BCUT2D eigenvalue weighted by Gasteiger charge is 2.51. The summed E-state index contributed by atoms with van der Waals surface area (Å²) in [6.07, 6.45) is -0.0120. The number of aliphatic carboxylic acids is 1. The number of nitrogens with two attached hydrogens (primary N) is 1. The molecule has 2 aromatic rings. The Morgan fingerprint density at radius 3 is 2.26 bits per heavy atom. The minimum absolute atomic E-state index is 0.0366. The van der Waals surface area contributed by atoms with Gasteiger partial charge in [-0.25, -0.2) is 14.0 Å². The van der Waals surface area contributed by atoms with Gasteiger partial charge in [0.2, 0.25) is 5.43 Å². The SMILES string of the molecule is COc1c(N2CC3CCC3(N)C2)c(F)cc2c(=O)c(C(=O)O)cn(C3CC3)c12.O=C(O)C(F)(F)F. The molecule has 2 heterocycles. The number of methoxy groups -OCH3 is 1. The van der Waals surface area contributed by atoms with Crippen molar-refractivity contribution in [3.05, 3.63) is 33.9 Å². The summed E-state index contributed by atoms with van der Waals surface area (Å²) >= 11 is 0. The number of fused-ring (bicyclic) bond motifs is 2. The molecule has 190 valence electrons. The molecule has 3 fully saturated rings. The zero-order valence-electron chi connectivity index (χ0n) is 18.6. The zero-order valence-corrected chi connectivity index (χ0v) is 18.6. The molecular formula is C22H23F4N3O6. The zero-order chi connectivity index (χ0) is 25.9. The van der Waals surface area contributed by atoms with Crippen molar-refractivity contribution in [2.75, 3.05) is 25.1 Å². The summed E-state index contributed by atoms with van der Waals surface area (Å²) in [4.78, 5) is 35.1. The van der Waals surface area contributed by atoms with Gasteiger partial charge in [-0.05, 0) is 37.7 Å². The van der Waals surface area contributed by atoms with Gasteiger partial charge in [0.25, 0.3) is 0 Å². The summed E-state index contributed by atoms with van der Waals surface area (Å²) < 4.78 is 54.3. The summed E-state index contributed by atoms with van der Waals surface area (Å²) in [5.41, 5.74) is 5.86. The van der Waals surface area contributed by atoms with Crippen LogP contribution in [0.25, 0.3) is 10.9 Å². The monoisotopic (exact) mass is 501 g/mol. The van der Waals surface area contributed by atoms with E-state index in [1.54, 1.807) is 4.57 Å². The van der Waals surface area contributed by atoms with Crippen LogP contribution in [0.15, 0.2) is 17.1 Å². The first-order valence-corrected chi connectivity index (χ1v) is 10.8. The van der Waals surface area contributed by atoms with Crippen molar-refractivity contribution in [3.8, 4) is 5.75 Å². The van der Waals surface area contributed by atoms with E-state index in [-0.39, 0.29) is 28.3 Å². The number of alkyl halides is 3. The van der Waals surface area contributed by atoms with Crippen LogP contribution >= 0.6 is 0 Å². The molecule has 2 saturated carbocycles. The van der Waals surface area contributed by atoms with Crippen molar-refractivity contribution in [3.63, 3.8) is 0 Å². The molecule has 2 atom stereocenters. The minimum Gasteiger partial charge on any atom is -0.492 e. The van der Waals surface area contributed by atoms with Gasteiger partial charge in [-0.3, -0.25) is 4.79 Å². The van der Waals surface area contributed by atoms with E-state index in [4.69, 9.17) is 20.4 Å². The first kappa shape index (κ1) is 24.8. The molecule has 0 bridgehead atoms. The van der Waals surface area contributed by atoms with Crippen LogP contribution in [0.3, 0.4) is 0 Å². The minimum atomic E-state index is -5.08. The average Bonchev–Trinajstić information content (AvgIpc) is 3.57. The lowest BCUT2D eigenvalue weighted by Crippen LogP contribution is -2.54. The Hall–Kier alpha value is -3.35. The van der Waals surface area contributed by atoms with E-state index >= 15 is 4.39 Å². The smallest absolute Gasteiger partial charge is 0.490 e. The predicted molar refractivity (Wildman–Crippen MR) is 115 cm³/mol. The van der Waals surface area contributed by atoms with E-state index in [1.165, 1.54) is 13.3 Å². The molecule has 35 heavy (non-hydrogen) atoms. The molecule has 2 unspecified atom stereocenters. The maximum absolute atomic E-state index is 15.2. The number of hydrogen-bond acceptors (Lipinski definition) is 6.